The Labute approximate surface area is 218 Å². The number of carbonyl (C=O) groups excluding carboxylic acids is 2. The molecule has 0 aromatic heterocycles. The Morgan fingerprint density at radius 3 is 2.25 bits per heavy atom. The van der Waals surface area contributed by atoms with E-state index in [1.165, 1.54) is 29.5 Å². The van der Waals surface area contributed by atoms with Crippen molar-refractivity contribution in [3.05, 3.63) is 107 Å². The van der Waals surface area contributed by atoms with Crippen LogP contribution in [0.4, 0.5) is 4.39 Å². The highest BCUT2D eigenvalue weighted by molar-refractivity contribution is 7.99. The van der Waals surface area contributed by atoms with Gasteiger partial charge in [-0.2, -0.15) is 0 Å². The predicted molar refractivity (Wildman–Crippen MR) is 146 cm³/mol. The van der Waals surface area contributed by atoms with Crippen LogP contribution in [0.15, 0.2) is 78.9 Å². The van der Waals surface area contributed by atoms with E-state index in [1.807, 2.05) is 37.3 Å². The van der Waals surface area contributed by atoms with E-state index in [-0.39, 0.29) is 29.9 Å². The molecular weight excluding hydrogens is 471 g/mol. The quantitative estimate of drug-likeness (QED) is 0.293. The fourth-order valence-electron chi connectivity index (χ4n) is 3.87. The minimum absolute atomic E-state index is 0.108. The summed E-state index contributed by atoms with van der Waals surface area (Å²) < 4.78 is 13.5. The number of nitrogens with zero attached hydrogens (tertiary/aromatic N) is 1. The molecule has 0 radical (unpaired) electrons. The lowest BCUT2D eigenvalue weighted by atomic mass is 10.0. The molecule has 1 N–H and O–H groups in total. The Morgan fingerprint density at radius 1 is 0.917 bits per heavy atom. The van der Waals surface area contributed by atoms with Gasteiger partial charge in [-0.1, -0.05) is 85.6 Å². The zero-order chi connectivity index (χ0) is 25.8. The van der Waals surface area contributed by atoms with Crippen LogP contribution in [0.5, 0.6) is 0 Å². The number of halogens is 1. The van der Waals surface area contributed by atoms with E-state index < -0.39 is 6.04 Å². The highest BCUT2D eigenvalue weighted by Gasteiger charge is 2.30. The van der Waals surface area contributed by atoms with Gasteiger partial charge in [0.2, 0.25) is 11.8 Å². The van der Waals surface area contributed by atoms with Gasteiger partial charge in [0.15, 0.2) is 0 Å². The average molecular weight is 507 g/mol. The van der Waals surface area contributed by atoms with E-state index >= 15 is 0 Å². The molecule has 0 aliphatic rings. The van der Waals surface area contributed by atoms with Crippen LogP contribution in [-0.4, -0.2) is 35.1 Å². The van der Waals surface area contributed by atoms with Crippen LogP contribution < -0.4 is 5.32 Å². The molecule has 190 valence electrons. The maximum absolute atomic E-state index is 13.6. The van der Waals surface area contributed by atoms with Crippen molar-refractivity contribution in [2.75, 3.05) is 12.3 Å². The van der Waals surface area contributed by atoms with E-state index in [4.69, 9.17) is 0 Å². The number of benzene rings is 3. The van der Waals surface area contributed by atoms with Gasteiger partial charge in [-0.25, -0.2) is 4.39 Å². The number of hydrogen-bond acceptors (Lipinski definition) is 3. The molecule has 3 aromatic carbocycles. The molecule has 2 amide bonds. The summed E-state index contributed by atoms with van der Waals surface area (Å²) in [5, 5.41) is 3.02. The zero-order valence-electron chi connectivity index (χ0n) is 21.1. The number of carbonyl (C=O) groups is 2. The third kappa shape index (κ3) is 8.83. The number of hydrogen-bond donors (Lipinski definition) is 1. The van der Waals surface area contributed by atoms with E-state index in [9.17, 15) is 14.0 Å². The number of nitrogens with one attached hydrogen (secondary N) is 1. The summed E-state index contributed by atoms with van der Waals surface area (Å²) in [6.07, 6.45) is 2.26. The number of aryl methyl sites for hydroxylation is 1. The van der Waals surface area contributed by atoms with Gasteiger partial charge in [-0.3, -0.25) is 9.59 Å². The van der Waals surface area contributed by atoms with Crippen molar-refractivity contribution in [3.63, 3.8) is 0 Å². The van der Waals surface area contributed by atoms with Gasteiger partial charge >= 0.3 is 0 Å². The van der Waals surface area contributed by atoms with Crippen molar-refractivity contribution in [1.29, 1.82) is 0 Å². The molecule has 0 saturated carbocycles. The summed E-state index contributed by atoms with van der Waals surface area (Å²) >= 11 is 1.54. The topological polar surface area (TPSA) is 49.4 Å². The van der Waals surface area contributed by atoms with E-state index in [1.54, 1.807) is 17.0 Å². The van der Waals surface area contributed by atoms with Crippen LogP contribution in [0, 0.1) is 12.7 Å². The fourth-order valence-corrected chi connectivity index (χ4v) is 4.74. The van der Waals surface area contributed by atoms with Gasteiger partial charge in [-0.05, 0) is 42.2 Å². The van der Waals surface area contributed by atoms with Gasteiger partial charge < -0.3 is 10.2 Å². The molecule has 0 bridgehead atoms. The molecule has 0 heterocycles. The lowest BCUT2D eigenvalue weighted by Crippen LogP contribution is -2.51. The minimum atomic E-state index is -0.665. The first-order valence-corrected chi connectivity index (χ1v) is 13.6. The van der Waals surface area contributed by atoms with Crippen molar-refractivity contribution in [2.45, 2.75) is 51.4 Å². The number of rotatable bonds is 13. The Morgan fingerprint density at radius 2 is 1.58 bits per heavy atom. The third-order valence-corrected chi connectivity index (χ3v) is 6.97. The zero-order valence-corrected chi connectivity index (χ0v) is 21.9. The summed E-state index contributed by atoms with van der Waals surface area (Å²) in [4.78, 5) is 28.6. The average Bonchev–Trinajstić information content (AvgIpc) is 2.89. The van der Waals surface area contributed by atoms with E-state index in [0.29, 0.717) is 18.7 Å². The van der Waals surface area contributed by atoms with Crippen molar-refractivity contribution in [1.82, 2.24) is 10.2 Å². The number of unbranched alkanes of at least 4 members (excludes halogenated alkanes) is 1. The highest BCUT2D eigenvalue weighted by atomic mass is 32.2. The van der Waals surface area contributed by atoms with Crippen LogP contribution in [0.25, 0.3) is 0 Å². The van der Waals surface area contributed by atoms with Crippen LogP contribution in [0.3, 0.4) is 0 Å². The second-order valence-electron chi connectivity index (χ2n) is 8.98. The van der Waals surface area contributed by atoms with Crippen molar-refractivity contribution in [3.8, 4) is 0 Å². The maximum atomic E-state index is 13.6. The molecule has 0 spiro atoms. The molecule has 0 fully saturated rings. The molecule has 0 saturated heterocycles. The standard InChI is InChI=1S/C30H35FN2O2S/c1-3-4-18-32-30(35)28(19-24-8-6-5-7-9-24)33(20-25-14-16-27(31)17-15-25)29(34)22-36-21-26-12-10-23(2)11-13-26/h5-17,28H,3-4,18-22H2,1-2H3,(H,32,35)/t28-/m0/s1. The van der Waals surface area contributed by atoms with Crippen molar-refractivity contribution < 1.29 is 14.0 Å². The number of thioether (sulfide) groups is 1. The van der Waals surface area contributed by atoms with Crippen LogP contribution in [0.2, 0.25) is 0 Å². The van der Waals surface area contributed by atoms with E-state index in [0.717, 1.165) is 29.5 Å². The first kappa shape index (κ1) is 27.5. The maximum Gasteiger partial charge on any atom is 0.243 e. The summed E-state index contributed by atoms with van der Waals surface area (Å²) in [5.74, 6) is 0.364. The molecule has 0 unspecified atom stereocenters. The van der Waals surface area contributed by atoms with Gasteiger partial charge in [0.1, 0.15) is 11.9 Å². The SMILES string of the molecule is CCCCNC(=O)[C@H](Cc1ccccc1)N(Cc1ccc(F)cc1)C(=O)CSCc1ccc(C)cc1. The van der Waals surface area contributed by atoms with Gasteiger partial charge in [0.05, 0.1) is 5.75 Å². The Kier molecular flexibility index (Phi) is 11.0. The highest BCUT2D eigenvalue weighted by Crippen LogP contribution is 2.19. The minimum Gasteiger partial charge on any atom is -0.354 e. The van der Waals surface area contributed by atoms with Crippen LogP contribution in [0.1, 0.15) is 42.0 Å². The monoisotopic (exact) mass is 506 g/mol. The Balaban J connectivity index is 1.81. The molecule has 0 aliphatic heterocycles. The van der Waals surface area contributed by atoms with Crippen molar-refractivity contribution in [2.24, 2.45) is 0 Å². The summed E-state index contributed by atoms with van der Waals surface area (Å²) in [6.45, 7) is 4.93. The van der Waals surface area contributed by atoms with Gasteiger partial charge in [0.25, 0.3) is 0 Å². The molecule has 1 atom stereocenters. The Hall–Kier alpha value is -3.12. The van der Waals surface area contributed by atoms with Gasteiger partial charge in [-0.15, -0.1) is 11.8 Å². The lowest BCUT2D eigenvalue weighted by Gasteiger charge is -2.31. The second-order valence-corrected chi connectivity index (χ2v) is 9.96. The number of amides is 2. The molecule has 4 nitrogen and oxygen atoms in total. The summed E-state index contributed by atoms with van der Waals surface area (Å²) in [7, 11) is 0. The largest absolute Gasteiger partial charge is 0.354 e. The smallest absolute Gasteiger partial charge is 0.243 e. The molecule has 6 heteroatoms. The first-order valence-electron chi connectivity index (χ1n) is 12.4. The molecular formula is C30H35FN2O2S. The predicted octanol–water partition coefficient (Wildman–Crippen LogP) is 5.92. The van der Waals surface area contributed by atoms with Crippen LogP contribution >= 0.6 is 11.8 Å². The normalized spacial score (nSPS) is 11.6. The Bertz CT molecular complexity index is 1090. The summed E-state index contributed by atoms with van der Waals surface area (Å²) in [5.41, 5.74) is 4.12. The van der Waals surface area contributed by atoms with Crippen molar-refractivity contribution >= 4 is 23.6 Å². The summed E-state index contributed by atoms with van der Waals surface area (Å²) in [6, 6.07) is 23.5. The fraction of sp³-hybridized carbons (Fsp3) is 0.333. The molecule has 3 aromatic rings. The first-order chi connectivity index (χ1) is 17.5. The van der Waals surface area contributed by atoms with E-state index in [2.05, 4.69) is 36.5 Å². The van der Waals surface area contributed by atoms with Crippen LogP contribution in [-0.2, 0) is 28.3 Å². The molecule has 3 rings (SSSR count). The third-order valence-electron chi connectivity index (χ3n) is 5.98. The lowest BCUT2D eigenvalue weighted by molar-refractivity contribution is -0.139. The molecule has 0 aliphatic carbocycles. The second kappa shape index (κ2) is 14.4. The van der Waals surface area contributed by atoms with Gasteiger partial charge in [0, 0.05) is 25.3 Å². The molecule has 36 heavy (non-hydrogen) atoms.